The van der Waals surface area contributed by atoms with Gasteiger partial charge >= 0.3 is 0 Å². The molecule has 0 aliphatic rings. The SMILES string of the molecule is COc1ccccc1C(NC(=O)c1ccn[nH]1)c1noc(C)n1. The van der Waals surface area contributed by atoms with Crippen LogP contribution in [0.25, 0.3) is 0 Å². The second-order valence-electron chi connectivity index (χ2n) is 4.79. The minimum atomic E-state index is -0.612. The molecule has 1 unspecified atom stereocenters. The highest BCUT2D eigenvalue weighted by atomic mass is 16.5. The van der Waals surface area contributed by atoms with Crippen molar-refractivity contribution < 1.29 is 14.1 Å². The van der Waals surface area contributed by atoms with Gasteiger partial charge in [0.25, 0.3) is 5.91 Å². The molecule has 1 aromatic carbocycles. The maximum atomic E-state index is 12.4. The van der Waals surface area contributed by atoms with Crippen molar-refractivity contribution in [1.29, 1.82) is 0 Å². The topological polar surface area (TPSA) is 106 Å². The molecule has 0 spiro atoms. The lowest BCUT2D eigenvalue weighted by molar-refractivity contribution is 0.0935. The van der Waals surface area contributed by atoms with E-state index in [1.807, 2.05) is 18.2 Å². The summed E-state index contributed by atoms with van der Waals surface area (Å²) in [6.45, 7) is 1.69. The maximum Gasteiger partial charge on any atom is 0.270 e. The lowest BCUT2D eigenvalue weighted by atomic mass is 10.0. The van der Waals surface area contributed by atoms with Gasteiger partial charge in [0.05, 0.1) is 7.11 Å². The molecule has 0 radical (unpaired) electrons. The lowest BCUT2D eigenvalue weighted by Crippen LogP contribution is -2.30. The average Bonchev–Trinajstić information content (AvgIpc) is 3.24. The Balaban J connectivity index is 1.99. The fourth-order valence-corrected chi connectivity index (χ4v) is 2.21. The molecule has 3 aromatic rings. The van der Waals surface area contributed by atoms with Gasteiger partial charge < -0.3 is 14.6 Å². The Morgan fingerprint density at radius 3 is 2.83 bits per heavy atom. The first-order chi connectivity index (χ1) is 11.2. The first kappa shape index (κ1) is 14.8. The summed E-state index contributed by atoms with van der Waals surface area (Å²) in [5, 5.41) is 13.2. The number of hydrogen-bond donors (Lipinski definition) is 2. The number of nitrogens with one attached hydrogen (secondary N) is 2. The smallest absolute Gasteiger partial charge is 0.270 e. The Kier molecular flexibility index (Phi) is 4.05. The van der Waals surface area contributed by atoms with E-state index in [1.165, 1.54) is 6.20 Å². The van der Waals surface area contributed by atoms with Crippen LogP contribution in [-0.4, -0.2) is 33.4 Å². The van der Waals surface area contributed by atoms with Gasteiger partial charge in [-0.05, 0) is 12.1 Å². The van der Waals surface area contributed by atoms with Crippen LogP contribution in [0.3, 0.4) is 0 Å². The number of para-hydroxylation sites is 1. The van der Waals surface area contributed by atoms with Gasteiger partial charge in [0.15, 0.2) is 5.82 Å². The quantitative estimate of drug-likeness (QED) is 0.741. The summed E-state index contributed by atoms with van der Waals surface area (Å²) < 4.78 is 10.4. The number of rotatable bonds is 5. The zero-order chi connectivity index (χ0) is 16.2. The summed E-state index contributed by atoms with van der Waals surface area (Å²) >= 11 is 0. The zero-order valence-electron chi connectivity index (χ0n) is 12.6. The summed E-state index contributed by atoms with van der Waals surface area (Å²) in [6, 6.07) is 8.30. The number of hydrogen-bond acceptors (Lipinski definition) is 6. The third-order valence-electron chi connectivity index (χ3n) is 3.27. The molecule has 8 heteroatoms. The Bertz CT molecular complexity index is 797. The maximum absolute atomic E-state index is 12.4. The number of ether oxygens (including phenoxy) is 1. The van der Waals surface area contributed by atoms with Crippen molar-refractivity contribution in [1.82, 2.24) is 25.7 Å². The van der Waals surface area contributed by atoms with E-state index in [1.54, 1.807) is 26.2 Å². The van der Waals surface area contributed by atoms with E-state index < -0.39 is 6.04 Å². The van der Waals surface area contributed by atoms with E-state index in [4.69, 9.17) is 9.26 Å². The molecule has 2 aromatic heterocycles. The molecule has 2 heterocycles. The Labute approximate surface area is 131 Å². The fraction of sp³-hybridized carbons (Fsp3) is 0.200. The molecule has 3 rings (SSSR count). The molecule has 0 bridgehead atoms. The number of aromatic nitrogens is 4. The molecule has 2 N–H and O–H groups in total. The van der Waals surface area contributed by atoms with Gasteiger partial charge in [-0.3, -0.25) is 9.89 Å². The predicted octanol–water partition coefficient (Wildman–Crippen LogP) is 1.63. The summed E-state index contributed by atoms with van der Waals surface area (Å²) in [5.74, 6) is 1.04. The number of aromatic amines is 1. The van der Waals surface area contributed by atoms with Crippen molar-refractivity contribution in [3.63, 3.8) is 0 Å². The zero-order valence-corrected chi connectivity index (χ0v) is 12.6. The van der Waals surface area contributed by atoms with Crippen molar-refractivity contribution in [2.24, 2.45) is 0 Å². The molecule has 0 fully saturated rings. The Hall–Kier alpha value is -3.16. The largest absolute Gasteiger partial charge is 0.496 e. The van der Waals surface area contributed by atoms with E-state index >= 15 is 0 Å². The molecule has 118 valence electrons. The van der Waals surface area contributed by atoms with Crippen LogP contribution in [0.2, 0.25) is 0 Å². The van der Waals surface area contributed by atoms with E-state index in [9.17, 15) is 4.79 Å². The standard InChI is InChI=1S/C15H15N5O3/c1-9-17-14(20-23-9)13(10-5-3-4-6-12(10)22-2)18-15(21)11-7-8-16-19-11/h3-8,13H,1-2H3,(H,16,19)(H,18,21). The fourth-order valence-electron chi connectivity index (χ4n) is 2.21. The molecule has 1 atom stereocenters. The van der Waals surface area contributed by atoms with Crippen LogP contribution in [0, 0.1) is 6.92 Å². The minimum absolute atomic E-state index is 0.333. The highest BCUT2D eigenvalue weighted by Gasteiger charge is 2.25. The van der Waals surface area contributed by atoms with Crippen molar-refractivity contribution >= 4 is 5.91 Å². The summed E-state index contributed by atoms with van der Waals surface area (Å²) in [6.07, 6.45) is 1.51. The first-order valence-corrected chi connectivity index (χ1v) is 6.92. The molecule has 0 saturated heterocycles. The van der Waals surface area contributed by atoms with Gasteiger partial charge in [0.2, 0.25) is 5.89 Å². The minimum Gasteiger partial charge on any atom is -0.496 e. The van der Waals surface area contributed by atoms with Crippen LogP contribution in [0.1, 0.15) is 33.8 Å². The van der Waals surface area contributed by atoms with E-state index in [-0.39, 0.29) is 5.91 Å². The first-order valence-electron chi connectivity index (χ1n) is 6.92. The van der Waals surface area contributed by atoms with Crippen molar-refractivity contribution in [3.8, 4) is 5.75 Å². The Morgan fingerprint density at radius 1 is 1.35 bits per heavy atom. The van der Waals surface area contributed by atoms with Crippen LogP contribution >= 0.6 is 0 Å². The van der Waals surface area contributed by atoms with Crippen molar-refractivity contribution in [2.45, 2.75) is 13.0 Å². The van der Waals surface area contributed by atoms with Gasteiger partial charge in [-0.15, -0.1) is 0 Å². The predicted molar refractivity (Wildman–Crippen MR) is 79.9 cm³/mol. The molecule has 0 saturated carbocycles. The van der Waals surface area contributed by atoms with Crippen molar-refractivity contribution in [3.05, 3.63) is 59.5 Å². The molecular formula is C15H15N5O3. The lowest BCUT2D eigenvalue weighted by Gasteiger charge is -2.18. The van der Waals surface area contributed by atoms with Crippen molar-refractivity contribution in [2.75, 3.05) is 7.11 Å². The molecule has 23 heavy (non-hydrogen) atoms. The summed E-state index contributed by atoms with van der Waals surface area (Å²) in [4.78, 5) is 16.6. The van der Waals surface area contributed by atoms with Crippen LogP contribution in [0.15, 0.2) is 41.1 Å². The van der Waals surface area contributed by atoms with Crippen LogP contribution in [0.4, 0.5) is 0 Å². The number of aryl methyl sites for hydroxylation is 1. The highest BCUT2D eigenvalue weighted by Crippen LogP contribution is 2.28. The van der Waals surface area contributed by atoms with E-state index in [0.29, 0.717) is 23.2 Å². The molecular weight excluding hydrogens is 298 g/mol. The van der Waals surface area contributed by atoms with E-state index in [2.05, 4.69) is 25.7 Å². The summed E-state index contributed by atoms with van der Waals surface area (Å²) in [7, 11) is 1.56. The number of carbonyl (C=O) groups excluding carboxylic acids is 1. The second-order valence-corrected chi connectivity index (χ2v) is 4.79. The number of nitrogens with zero attached hydrogens (tertiary/aromatic N) is 3. The molecule has 1 amide bonds. The van der Waals surface area contributed by atoms with E-state index in [0.717, 1.165) is 5.56 Å². The third-order valence-corrected chi connectivity index (χ3v) is 3.27. The monoisotopic (exact) mass is 313 g/mol. The van der Waals surface area contributed by atoms with Gasteiger partial charge in [-0.1, -0.05) is 23.4 Å². The number of carbonyl (C=O) groups is 1. The average molecular weight is 313 g/mol. The number of H-pyrrole nitrogens is 1. The van der Waals surface area contributed by atoms with Gasteiger partial charge in [0.1, 0.15) is 17.5 Å². The number of benzene rings is 1. The van der Waals surface area contributed by atoms with Gasteiger partial charge in [0, 0.05) is 18.7 Å². The molecule has 0 aliphatic heterocycles. The van der Waals surface area contributed by atoms with Crippen LogP contribution in [-0.2, 0) is 0 Å². The number of methoxy groups -OCH3 is 1. The molecule has 0 aliphatic carbocycles. The summed E-state index contributed by atoms with van der Waals surface area (Å²) in [5.41, 5.74) is 1.06. The normalized spacial score (nSPS) is 11.9. The number of amides is 1. The highest BCUT2D eigenvalue weighted by molar-refractivity contribution is 5.92. The van der Waals surface area contributed by atoms with Crippen LogP contribution in [0.5, 0.6) is 5.75 Å². The third kappa shape index (κ3) is 3.05. The Morgan fingerprint density at radius 2 is 2.17 bits per heavy atom. The second kappa shape index (κ2) is 6.30. The van der Waals surface area contributed by atoms with Gasteiger partial charge in [-0.25, -0.2) is 0 Å². The van der Waals surface area contributed by atoms with Gasteiger partial charge in [-0.2, -0.15) is 10.1 Å². The van der Waals surface area contributed by atoms with Crippen LogP contribution < -0.4 is 10.1 Å². The molecule has 8 nitrogen and oxygen atoms in total.